The van der Waals surface area contributed by atoms with Crippen molar-refractivity contribution in [2.75, 3.05) is 13.1 Å². The minimum absolute atomic E-state index is 0.443. The first kappa shape index (κ1) is 14.8. The Kier molecular flexibility index (Phi) is 3.49. The summed E-state index contributed by atoms with van der Waals surface area (Å²) in [6.45, 7) is 14.8. The van der Waals surface area contributed by atoms with E-state index < -0.39 is 0 Å². The molecule has 1 N–H and O–H groups in total. The van der Waals surface area contributed by atoms with E-state index in [-0.39, 0.29) is 0 Å². The highest BCUT2D eigenvalue weighted by Gasteiger charge is 2.68. The molecule has 0 aromatic heterocycles. The Morgan fingerprint density at radius 3 is 2.10 bits per heavy atom. The second kappa shape index (κ2) is 4.71. The highest BCUT2D eigenvalue weighted by Crippen LogP contribution is 2.66. The van der Waals surface area contributed by atoms with Crippen LogP contribution in [0, 0.1) is 10.8 Å². The molecule has 0 amide bonds. The van der Waals surface area contributed by atoms with Gasteiger partial charge >= 0.3 is 0 Å². The van der Waals surface area contributed by atoms with Gasteiger partial charge in [0.1, 0.15) is 0 Å². The van der Waals surface area contributed by atoms with Crippen LogP contribution in [-0.2, 0) is 0 Å². The number of piperazine rings is 1. The summed E-state index contributed by atoms with van der Waals surface area (Å²) in [6.07, 6.45) is 8.37. The third-order valence-electron chi connectivity index (χ3n) is 7.23. The first-order valence-electron chi connectivity index (χ1n) is 8.85. The lowest BCUT2D eigenvalue weighted by Crippen LogP contribution is -2.65. The molecule has 1 spiro atoms. The first-order chi connectivity index (χ1) is 9.34. The smallest absolute Gasteiger partial charge is 0.0309 e. The molecular weight excluding hydrogens is 244 g/mol. The standard InChI is InChI=1S/C18H34N2/c1-6-14-12-19-18(10-8-7-9-11-18)13-20(14)15-16(2,3)17(15,4)5/h14-15,19H,6-13H2,1-5H3. The largest absolute Gasteiger partial charge is 0.308 e. The molecule has 3 rings (SSSR count). The van der Waals surface area contributed by atoms with Gasteiger partial charge < -0.3 is 5.32 Å². The van der Waals surface area contributed by atoms with Crippen molar-refractivity contribution in [3.63, 3.8) is 0 Å². The SMILES string of the molecule is CCC1CNC2(CCCCC2)CN1C1C(C)(C)C1(C)C. The van der Waals surface area contributed by atoms with E-state index >= 15 is 0 Å². The van der Waals surface area contributed by atoms with Gasteiger partial charge in [-0.2, -0.15) is 0 Å². The van der Waals surface area contributed by atoms with Crippen LogP contribution in [0.5, 0.6) is 0 Å². The molecule has 1 atom stereocenters. The summed E-state index contributed by atoms with van der Waals surface area (Å²) in [5.74, 6) is 0. The zero-order valence-corrected chi connectivity index (χ0v) is 14.3. The maximum atomic E-state index is 3.96. The van der Waals surface area contributed by atoms with E-state index in [0.29, 0.717) is 16.4 Å². The van der Waals surface area contributed by atoms with Crippen LogP contribution in [0.1, 0.15) is 73.1 Å². The molecule has 0 aromatic carbocycles. The van der Waals surface area contributed by atoms with Crippen LogP contribution in [0.15, 0.2) is 0 Å². The summed E-state index contributed by atoms with van der Waals surface area (Å²) in [5, 5.41) is 3.96. The van der Waals surface area contributed by atoms with E-state index in [9.17, 15) is 0 Å². The van der Waals surface area contributed by atoms with Gasteiger partial charge in [-0.3, -0.25) is 4.90 Å². The van der Waals surface area contributed by atoms with E-state index in [0.717, 1.165) is 12.1 Å². The van der Waals surface area contributed by atoms with E-state index in [1.54, 1.807) is 0 Å². The zero-order valence-electron chi connectivity index (χ0n) is 14.3. The van der Waals surface area contributed by atoms with E-state index in [2.05, 4.69) is 44.8 Å². The molecule has 3 aliphatic rings. The third-order valence-corrected chi connectivity index (χ3v) is 7.23. The second-order valence-corrected chi connectivity index (χ2v) is 8.80. The van der Waals surface area contributed by atoms with Crippen LogP contribution in [0.4, 0.5) is 0 Å². The van der Waals surface area contributed by atoms with Gasteiger partial charge in [-0.25, -0.2) is 0 Å². The lowest BCUT2D eigenvalue weighted by Gasteiger charge is -2.50. The van der Waals surface area contributed by atoms with E-state index in [1.807, 2.05) is 0 Å². The quantitative estimate of drug-likeness (QED) is 0.826. The molecular formula is C18H34N2. The van der Waals surface area contributed by atoms with Crippen molar-refractivity contribution in [2.45, 2.75) is 90.8 Å². The molecule has 0 bridgehead atoms. The fourth-order valence-electron chi connectivity index (χ4n) is 5.22. The van der Waals surface area contributed by atoms with Crippen molar-refractivity contribution in [3.8, 4) is 0 Å². The minimum Gasteiger partial charge on any atom is -0.308 e. The molecule has 116 valence electrons. The average molecular weight is 278 g/mol. The van der Waals surface area contributed by atoms with Gasteiger partial charge in [-0.15, -0.1) is 0 Å². The molecule has 2 heteroatoms. The fourth-order valence-corrected chi connectivity index (χ4v) is 5.22. The molecule has 2 aliphatic carbocycles. The van der Waals surface area contributed by atoms with Crippen LogP contribution >= 0.6 is 0 Å². The maximum Gasteiger partial charge on any atom is 0.0309 e. The Morgan fingerprint density at radius 2 is 1.60 bits per heavy atom. The van der Waals surface area contributed by atoms with Gasteiger partial charge in [-0.05, 0) is 30.1 Å². The van der Waals surface area contributed by atoms with Gasteiger partial charge in [0.25, 0.3) is 0 Å². The van der Waals surface area contributed by atoms with E-state index in [1.165, 1.54) is 51.6 Å². The predicted molar refractivity (Wildman–Crippen MR) is 86.0 cm³/mol. The molecule has 2 saturated carbocycles. The summed E-state index contributed by atoms with van der Waals surface area (Å²) >= 11 is 0. The van der Waals surface area contributed by atoms with Crippen molar-refractivity contribution in [3.05, 3.63) is 0 Å². The molecule has 20 heavy (non-hydrogen) atoms. The lowest BCUT2D eigenvalue weighted by molar-refractivity contribution is 0.0354. The van der Waals surface area contributed by atoms with Gasteiger partial charge in [0.05, 0.1) is 0 Å². The normalized spacial score (nSPS) is 36.1. The number of nitrogens with zero attached hydrogens (tertiary/aromatic N) is 1. The average Bonchev–Trinajstić information content (AvgIpc) is 2.80. The highest BCUT2D eigenvalue weighted by atomic mass is 15.3. The Labute approximate surface area is 125 Å². The lowest BCUT2D eigenvalue weighted by atomic mass is 9.79. The zero-order chi connectivity index (χ0) is 14.6. The monoisotopic (exact) mass is 278 g/mol. The number of hydrogen-bond acceptors (Lipinski definition) is 2. The van der Waals surface area contributed by atoms with Crippen LogP contribution in [0.25, 0.3) is 0 Å². The second-order valence-electron chi connectivity index (χ2n) is 8.80. The number of nitrogens with one attached hydrogen (secondary N) is 1. The summed E-state index contributed by atoms with van der Waals surface area (Å²) in [4.78, 5) is 2.90. The molecule has 0 aromatic rings. The summed E-state index contributed by atoms with van der Waals surface area (Å²) in [7, 11) is 0. The first-order valence-corrected chi connectivity index (χ1v) is 8.85. The Morgan fingerprint density at radius 1 is 1.00 bits per heavy atom. The fraction of sp³-hybridized carbons (Fsp3) is 1.00. The van der Waals surface area contributed by atoms with Crippen LogP contribution in [0.2, 0.25) is 0 Å². The number of hydrogen-bond donors (Lipinski definition) is 1. The Bertz CT molecular complexity index is 352. The van der Waals surface area contributed by atoms with Crippen molar-refractivity contribution in [2.24, 2.45) is 10.8 Å². The van der Waals surface area contributed by atoms with E-state index in [4.69, 9.17) is 0 Å². The summed E-state index contributed by atoms with van der Waals surface area (Å²) < 4.78 is 0. The third kappa shape index (κ3) is 2.06. The van der Waals surface area contributed by atoms with Crippen molar-refractivity contribution in [1.29, 1.82) is 0 Å². The molecule has 1 aliphatic heterocycles. The maximum absolute atomic E-state index is 3.96. The van der Waals surface area contributed by atoms with Gasteiger partial charge in [0, 0.05) is 30.7 Å². The predicted octanol–water partition coefficient (Wildman–Crippen LogP) is 3.81. The molecule has 2 nitrogen and oxygen atoms in total. The van der Waals surface area contributed by atoms with Crippen molar-refractivity contribution < 1.29 is 0 Å². The molecule has 1 saturated heterocycles. The van der Waals surface area contributed by atoms with Crippen LogP contribution < -0.4 is 5.32 Å². The van der Waals surface area contributed by atoms with Gasteiger partial charge in [-0.1, -0.05) is 53.9 Å². The molecule has 1 unspecified atom stereocenters. The van der Waals surface area contributed by atoms with Gasteiger partial charge in [0.15, 0.2) is 0 Å². The molecule has 0 radical (unpaired) electrons. The summed E-state index contributed by atoms with van der Waals surface area (Å²) in [5.41, 5.74) is 1.40. The minimum atomic E-state index is 0.443. The van der Waals surface area contributed by atoms with Gasteiger partial charge in [0.2, 0.25) is 0 Å². The number of rotatable bonds is 2. The summed E-state index contributed by atoms with van der Waals surface area (Å²) in [6, 6.07) is 1.52. The highest BCUT2D eigenvalue weighted by molar-refractivity contribution is 5.21. The molecule has 1 heterocycles. The molecule has 3 fully saturated rings. The topological polar surface area (TPSA) is 15.3 Å². The van der Waals surface area contributed by atoms with Crippen LogP contribution in [-0.4, -0.2) is 35.6 Å². The van der Waals surface area contributed by atoms with Crippen molar-refractivity contribution in [1.82, 2.24) is 10.2 Å². The van der Waals surface area contributed by atoms with Crippen LogP contribution in [0.3, 0.4) is 0 Å². The Hall–Kier alpha value is -0.0800. The Balaban J connectivity index is 1.80. The van der Waals surface area contributed by atoms with Crippen molar-refractivity contribution >= 4 is 0 Å².